The zero-order chi connectivity index (χ0) is 20.7. The van der Waals surface area contributed by atoms with Crippen molar-refractivity contribution in [2.24, 2.45) is 0 Å². The molecule has 0 spiro atoms. The third-order valence-electron chi connectivity index (χ3n) is 5.74. The molecule has 2 aromatic heterocycles. The minimum absolute atomic E-state index is 0.00326. The lowest BCUT2D eigenvalue weighted by molar-refractivity contribution is -0.00702. The molecule has 0 aliphatic carbocycles. The van der Waals surface area contributed by atoms with Gasteiger partial charge in [-0.2, -0.15) is 5.10 Å². The molecule has 0 saturated carbocycles. The molecule has 2 atom stereocenters. The first-order valence-corrected chi connectivity index (χ1v) is 10.5. The number of piperazine rings is 1. The minimum Gasteiger partial charge on any atom is -0.369 e. The number of ether oxygens (including phenoxy) is 1. The van der Waals surface area contributed by atoms with E-state index in [1.54, 1.807) is 0 Å². The smallest absolute Gasteiger partial charge is 0.274 e. The number of carbonyl (C=O) groups excluding carboxylic acids is 1. The highest BCUT2D eigenvalue weighted by Crippen LogP contribution is 2.30. The average molecular weight is 399 g/mol. The summed E-state index contributed by atoms with van der Waals surface area (Å²) < 4.78 is 5.83. The van der Waals surface area contributed by atoms with Crippen LogP contribution in [-0.2, 0) is 11.2 Å². The molecule has 0 aromatic carbocycles. The molecule has 2 aliphatic heterocycles. The fraction of sp³-hybridized carbons (Fsp3) is 0.619. The van der Waals surface area contributed by atoms with Crippen LogP contribution in [0.5, 0.6) is 0 Å². The monoisotopic (exact) mass is 398 g/mol. The first-order chi connectivity index (χ1) is 13.8. The summed E-state index contributed by atoms with van der Waals surface area (Å²) in [5.41, 5.74) is 4.52. The first kappa shape index (κ1) is 19.8. The fourth-order valence-corrected chi connectivity index (χ4v) is 4.12. The summed E-state index contributed by atoms with van der Waals surface area (Å²) in [6.45, 7) is 13.0. The number of fused-ring (bicyclic) bond motifs is 1. The Balaban J connectivity index is 1.46. The number of rotatable bonds is 3. The molecule has 0 bridgehead atoms. The summed E-state index contributed by atoms with van der Waals surface area (Å²) >= 11 is 0. The number of nitrogens with zero attached hydrogens (tertiary/aromatic N) is 5. The van der Waals surface area contributed by atoms with E-state index in [1.165, 1.54) is 0 Å². The Hall–Kier alpha value is -2.48. The van der Waals surface area contributed by atoms with E-state index in [0.717, 1.165) is 41.7 Å². The van der Waals surface area contributed by atoms with Crippen molar-refractivity contribution in [3.05, 3.63) is 34.4 Å². The zero-order valence-corrected chi connectivity index (χ0v) is 17.9. The Kier molecular flexibility index (Phi) is 5.29. The Morgan fingerprint density at radius 3 is 2.62 bits per heavy atom. The van der Waals surface area contributed by atoms with Crippen molar-refractivity contribution in [3.8, 4) is 0 Å². The van der Waals surface area contributed by atoms with Gasteiger partial charge >= 0.3 is 0 Å². The van der Waals surface area contributed by atoms with Crippen molar-refractivity contribution in [1.82, 2.24) is 25.1 Å². The van der Waals surface area contributed by atoms with Crippen molar-refractivity contribution in [1.29, 1.82) is 0 Å². The molecule has 2 aliphatic rings. The topological polar surface area (TPSA) is 87.2 Å². The molecule has 0 radical (unpaired) electrons. The minimum atomic E-state index is -0.0618. The number of amides is 1. The second kappa shape index (κ2) is 7.74. The summed E-state index contributed by atoms with van der Waals surface area (Å²) in [6.07, 6.45) is 0.743. The highest BCUT2D eigenvalue weighted by atomic mass is 16.5. The lowest BCUT2D eigenvalue weighted by atomic mass is 9.99. The van der Waals surface area contributed by atoms with Gasteiger partial charge in [0.05, 0.1) is 17.9 Å². The van der Waals surface area contributed by atoms with Gasteiger partial charge in [0.25, 0.3) is 5.91 Å². The SMILES string of the molecule is Cc1cc(C(C)C)nc(N2CCN(C(=O)c3n[nH]c4c3C[C@H](C)O[C@@H]4C)CC2)n1. The molecule has 156 valence electrons. The van der Waals surface area contributed by atoms with Crippen LogP contribution < -0.4 is 4.90 Å². The van der Waals surface area contributed by atoms with E-state index in [-0.39, 0.29) is 18.1 Å². The van der Waals surface area contributed by atoms with Crippen molar-refractivity contribution < 1.29 is 9.53 Å². The molecule has 1 fully saturated rings. The van der Waals surface area contributed by atoms with Gasteiger partial charge in [-0.05, 0) is 32.8 Å². The van der Waals surface area contributed by atoms with Crippen LogP contribution in [0.1, 0.15) is 72.9 Å². The maximum absolute atomic E-state index is 13.1. The van der Waals surface area contributed by atoms with E-state index in [2.05, 4.69) is 33.9 Å². The summed E-state index contributed by atoms with van der Waals surface area (Å²) in [7, 11) is 0. The van der Waals surface area contributed by atoms with Crippen molar-refractivity contribution in [2.75, 3.05) is 31.1 Å². The summed E-state index contributed by atoms with van der Waals surface area (Å²) in [5, 5.41) is 7.36. The Labute approximate surface area is 171 Å². The number of aromatic amines is 1. The fourth-order valence-electron chi connectivity index (χ4n) is 4.12. The van der Waals surface area contributed by atoms with Gasteiger partial charge in [-0.25, -0.2) is 9.97 Å². The quantitative estimate of drug-likeness (QED) is 0.855. The van der Waals surface area contributed by atoms with E-state index in [4.69, 9.17) is 9.72 Å². The number of hydrogen-bond donors (Lipinski definition) is 1. The van der Waals surface area contributed by atoms with Crippen LogP contribution in [-0.4, -0.2) is 63.3 Å². The van der Waals surface area contributed by atoms with E-state index in [0.29, 0.717) is 31.1 Å². The molecule has 0 unspecified atom stereocenters. The lowest BCUT2D eigenvalue weighted by Crippen LogP contribution is -2.49. The van der Waals surface area contributed by atoms with Crippen LogP contribution in [0.3, 0.4) is 0 Å². The lowest BCUT2D eigenvalue weighted by Gasteiger charge is -2.35. The summed E-state index contributed by atoms with van der Waals surface area (Å²) in [4.78, 5) is 26.5. The molecule has 4 heterocycles. The van der Waals surface area contributed by atoms with Gasteiger partial charge in [0.2, 0.25) is 5.95 Å². The van der Waals surface area contributed by atoms with E-state index >= 15 is 0 Å². The van der Waals surface area contributed by atoms with Gasteiger partial charge in [0.15, 0.2) is 5.69 Å². The van der Waals surface area contributed by atoms with Gasteiger partial charge in [-0.15, -0.1) is 0 Å². The predicted octanol–water partition coefficient (Wildman–Crippen LogP) is 2.62. The zero-order valence-electron chi connectivity index (χ0n) is 17.9. The maximum atomic E-state index is 13.1. The van der Waals surface area contributed by atoms with E-state index < -0.39 is 0 Å². The van der Waals surface area contributed by atoms with Gasteiger partial charge in [-0.3, -0.25) is 9.89 Å². The molecule has 8 nitrogen and oxygen atoms in total. The van der Waals surface area contributed by atoms with Crippen LogP contribution >= 0.6 is 0 Å². The van der Waals surface area contributed by atoms with Crippen LogP contribution in [0.4, 0.5) is 5.95 Å². The molecular formula is C21H30N6O2. The highest BCUT2D eigenvalue weighted by molar-refractivity contribution is 5.94. The van der Waals surface area contributed by atoms with Gasteiger partial charge in [0, 0.05) is 49.6 Å². The van der Waals surface area contributed by atoms with Crippen molar-refractivity contribution in [3.63, 3.8) is 0 Å². The highest BCUT2D eigenvalue weighted by Gasteiger charge is 2.32. The second-order valence-electron chi connectivity index (χ2n) is 8.43. The van der Waals surface area contributed by atoms with Crippen LogP contribution in [0.15, 0.2) is 6.07 Å². The van der Waals surface area contributed by atoms with Crippen LogP contribution in [0.25, 0.3) is 0 Å². The molecule has 4 rings (SSSR count). The molecular weight excluding hydrogens is 368 g/mol. The normalized spacial score (nSPS) is 22.1. The number of hydrogen-bond acceptors (Lipinski definition) is 6. The number of H-pyrrole nitrogens is 1. The number of nitrogens with one attached hydrogen (secondary N) is 1. The maximum Gasteiger partial charge on any atom is 0.274 e. The number of aryl methyl sites for hydroxylation is 1. The van der Waals surface area contributed by atoms with Crippen LogP contribution in [0, 0.1) is 6.92 Å². The van der Waals surface area contributed by atoms with E-state index in [1.807, 2.05) is 31.7 Å². The van der Waals surface area contributed by atoms with Crippen molar-refractivity contribution >= 4 is 11.9 Å². The van der Waals surface area contributed by atoms with Gasteiger partial charge < -0.3 is 14.5 Å². The molecule has 8 heteroatoms. The number of carbonyl (C=O) groups is 1. The average Bonchev–Trinajstić information content (AvgIpc) is 3.11. The van der Waals surface area contributed by atoms with E-state index in [9.17, 15) is 4.79 Å². The molecule has 2 aromatic rings. The standard InChI is InChI=1S/C21H30N6O2/c1-12(2)17-10-13(3)22-21(23-17)27-8-6-26(7-9-27)20(28)19-16-11-14(4)29-15(5)18(16)24-25-19/h10,12,14-15H,6-9,11H2,1-5H3,(H,24,25)/t14-,15+/m0/s1. The van der Waals surface area contributed by atoms with Crippen molar-refractivity contribution in [2.45, 2.75) is 59.2 Å². The Morgan fingerprint density at radius 1 is 1.21 bits per heavy atom. The molecule has 1 amide bonds. The van der Waals surface area contributed by atoms with Gasteiger partial charge in [-0.1, -0.05) is 13.8 Å². The Bertz CT molecular complexity index is 901. The molecule has 29 heavy (non-hydrogen) atoms. The molecule has 1 N–H and O–H groups in total. The summed E-state index contributed by atoms with van der Waals surface area (Å²) in [6, 6.07) is 2.04. The van der Waals surface area contributed by atoms with Gasteiger partial charge in [0.1, 0.15) is 0 Å². The third kappa shape index (κ3) is 3.85. The molecule has 1 saturated heterocycles. The number of aromatic nitrogens is 4. The summed E-state index contributed by atoms with van der Waals surface area (Å²) in [5.74, 6) is 1.12. The number of anilines is 1. The van der Waals surface area contributed by atoms with Crippen LogP contribution in [0.2, 0.25) is 0 Å². The third-order valence-corrected chi connectivity index (χ3v) is 5.74. The second-order valence-corrected chi connectivity index (χ2v) is 8.43. The largest absolute Gasteiger partial charge is 0.369 e. The predicted molar refractivity (Wildman–Crippen MR) is 110 cm³/mol. The first-order valence-electron chi connectivity index (χ1n) is 10.5. The Morgan fingerprint density at radius 2 is 1.93 bits per heavy atom.